The van der Waals surface area contributed by atoms with E-state index in [0.29, 0.717) is 5.92 Å². The van der Waals surface area contributed by atoms with E-state index < -0.39 is 5.56 Å². The lowest BCUT2D eigenvalue weighted by molar-refractivity contribution is 0.0922. The summed E-state index contributed by atoms with van der Waals surface area (Å²) >= 11 is 0. The molecule has 2 aliphatic carbocycles. The second-order valence-corrected chi connectivity index (χ2v) is 10.5. The Bertz CT molecular complexity index is 1570. The van der Waals surface area contributed by atoms with E-state index in [1.54, 1.807) is 24.3 Å². The Morgan fingerprint density at radius 2 is 1.95 bits per heavy atom. The van der Waals surface area contributed by atoms with Crippen molar-refractivity contribution < 1.29 is 9.18 Å². The van der Waals surface area contributed by atoms with Crippen molar-refractivity contribution in [2.45, 2.75) is 38.6 Å². The Hall–Kier alpha value is -4.26. The van der Waals surface area contributed by atoms with Crippen molar-refractivity contribution in [2.75, 3.05) is 0 Å². The number of carbonyl (C=O) groups excluding carboxylic acids is 1. The van der Waals surface area contributed by atoms with Crippen molar-refractivity contribution in [2.24, 2.45) is 11.3 Å². The third kappa shape index (κ3) is 4.28. The summed E-state index contributed by atoms with van der Waals surface area (Å²) in [5.74, 6) is -0.307. The molecule has 1 amide bonds. The van der Waals surface area contributed by atoms with Crippen LogP contribution in [0.25, 0.3) is 11.8 Å². The molecule has 6 nitrogen and oxygen atoms in total. The fraction of sp³-hybridized carbons (Fsp3) is 0.258. The maximum atomic E-state index is 13.5. The van der Waals surface area contributed by atoms with Crippen LogP contribution in [0.15, 0.2) is 89.5 Å². The van der Waals surface area contributed by atoms with E-state index in [4.69, 9.17) is 0 Å². The molecule has 2 aromatic carbocycles. The number of aromatic amines is 1. The van der Waals surface area contributed by atoms with Gasteiger partial charge in [-0.3, -0.25) is 9.59 Å². The molecular weight excluding hydrogens is 479 g/mol. The molecule has 0 radical (unpaired) electrons. The highest BCUT2D eigenvalue weighted by Crippen LogP contribution is 2.55. The topological polar surface area (TPSA) is 79.8 Å². The van der Waals surface area contributed by atoms with Crippen LogP contribution in [0.2, 0.25) is 0 Å². The predicted octanol–water partition coefficient (Wildman–Crippen LogP) is 5.62. The number of halogens is 1. The Kier molecular flexibility index (Phi) is 6.06. The van der Waals surface area contributed by atoms with Crippen LogP contribution in [-0.2, 0) is 6.42 Å². The van der Waals surface area contributed by atoms with Crippen molar-refractivity contribution in [3.8, 4) is 5.69 Å². The minimum Gasteiger partial charge on any atom is -0.345 e. The van der Waals surface area contributed by atoms with Crippen LogP contribution in [0.1, 0.15) is 59.4 Å². The predicted molar refractivity (Wildman–Crippen MR) is 144 cm³/mol. The summed E-state index contributed by atoms with van der Waals surface area (Å²) in [4.78, 5) is 28.0. The van der Waals surface area contributed by atoms with Gasteiger partial charge in [-0.15, -0.1) is 0 Å². The molecule has 1 fully saturated rings. The third-order valence-corrected chi connectivity index (χ3v) is 8.31. The lowest BCUT2D eigenvalue weighted by atomic mass is 9.68. The molecule has 1 saturated carbocycles. The summed E-state index contributed by atoms with van der Waals surface area (Å²) in [6.07, 6.45) is 9.31. The minimum atomic E-state index is -0.396. The molecular formula is C31H29FN4O2. The lowest BCUT2D eigenvalue weighted by Crippen LogP contribution is -2.36. The Balaban J connectivity index is 1.28. The van der Waals surface area contributed by atoms with E-state index in [2.05, 4.69) is 28.4 Å². The van der Waals surface area contributed by atoms with Gasteiger partial charge in [0.05, 0.1) is 23.6 Å². The van der Waals surface area contributed by atoms with Gasteiger partial charge in [-0.1, -0.05) is 42.8 Å². The van der Waals surface area contributed by atoms with Crippen molar-refractivity contribution in [1.82, 2.24) is 20.1 Å². The third-order valence-electron chi connectivity index (χ3n) is 8.31. The Labute approximate surface area is 220 Å². The molecule has 3 unspecified atom stereocenters. The first kappa shape index (κ1) is 24.1. The van der Waals surface area contributed by atoms with Gasteiger partial charge in [-0.2, -0.15) is 5.10 Å². The van der Waals surface area contributed by atoms with Gasteiger partial charge >= 0.3 is 0 Å². The number of nitrogens with one attached hydrogen (secondary N) is 2. The molecule has 2 aliphatic rings. The number of pyridine rings is 1. The quantitative estimate of drug-likeness (QED) is 0.355. The molecule has 0 aliphatic heterocycles. The van der Waals surface area contributed by atoms with E-state index in [1.165, 1.54) is 29.5 Å². The van der Waals surface area contributed by atoms with Crippen molar-refractivity contribution >= 4 is 12.0 Å². The molecule has 0 saturated heterocycles. The number of carbonyl (C=O) groups is 1. The largest absolute Gasteiger partial charge is 0.345 e. The van der Waals surface area contributed by atoms with E-state index in [1.807, 2.05) is 41.2 Å². The van der Waals surface area contributed by atoms with Gasteiger partial charge in [0, 0.05) is 6.20 Å². The highest BCUT2D eigenvalue weighted by atomic mass is 19.1. The number of fused-ring (bicyclic) bond motifs is 2. The van der Waals surface area contributed by atoms with Gasteiger partial charge in [0.25, 0.3) is 11.5 Å². The summed E-state index contributed by atoms with van der Waals surface area (Å²) in [5.41, 5.74) is 5.13. The number of aromatic nitrogens is 3. The maximum Gasteiger partial charge on any atom is 0.260 e. The average Bonchev–Trinajstić information content (AvgIpc) is 3.47. The van der Waals surface area contributed by atoms with Crippen LogP contribution in [0, 0.1) is 17.2 Å². The number of benzene rings is 2. The summed E-state index contributed by atoms with van der Waals surface area (Å²) in [7, 11) is 0. The van der Waals surface area contributed by atoms with Gasteiger partial charge < -0.3 is 10.3 Å². The van der Waals surface area contributed by atoms with Crippen molar-refractivity contribution in [3.05, 3.63) is 123 Å². The maximum absolute atomic E-state index is 13.5. The number of hydrogen-bond donors (Lipinski definition) is 2. The van der Waals surface area contributed by atoms with Crippen LogP contribution in [-0.4, -0.2) is 20.7 Å². The molecule has 192 valence electrons. The zero-order chi connectivity index (χ0) is 26.3. The molecule has 6 rings (SSSR count). The molecule has 0 spiro atoms. The first-order valence-electron chi connectivity index (χ1n) is 13.0. The smallest absolute Gasteiger partial charge is 0.260 e. The number of rotatable bonds is 6. The van der Waals surface area contributed by atoms with E-state index in [0.717, 1.165) is 42.6 Å². The fourth-order valence-corrected chi connectivity index (χ4v) is 6.18. The van der Waals surface area contributed by atoms with E-state index in [9.17, 15) is 14.0 Å². The number of nitrogens with zero attached hydrogens (tertiary/aromatic N) is 2. The minimum absolute atomic E-state index is 0.0639. The van der Waals surface area contributed by atoms with Crippen molar-refractivity contribution in [3.63, 3.8) is 0 Å². The van der Waals surface area contributed by atoms with Gasteiger partial charge in [0.1, 0.15) is 11.4 Å². The summed E-state index contributed by atoms with van der Waals surface area (Å²) in [6.45, 7) is 2.32. The Morgan fingerprint density at radius 3 is 2.71 bits per heavy atom. The van der Waals surface area contributed by atoms with Crippen LogP contribution in [0.5, 0.6) is 0 Å². The molecule has 2 N–H and O–H groups in total. The number of amides is 1. The number of hydrogen-bond acceptors (Lipinski definition) is 3. The highest BCUT2D eigenvalue weighted by Gasteiger charge is 2.46. The number of H-pyrrole nitrogens is 1. The van der Waals surface area contributed by atoms with Crippen molar-refractivity contribution in [1.29, 1.82) is 0 Å². The first-order valence-corrected chi connectivity index (χ1v) is 13.0. The van der Waals surface area contributed by atoms with E-state index >= 15 is 0 Å². The van der Waals surface area contributed by atoms with Gasteiger partial charge in [-0.05, 0) is 90.6 Å². The molecule has 3 atom stereocenters. The molecule has 0 bridgehead atoms. The van der Waals surface area contributed by atoms with Crippen LogP contribution >= 0.6 is 0 Å². The molecule has 38 heavy (non-hydrogen) atoms. The summed E-state index contributed by atoms with van der Waals surface area (Å²) < 4.78 is 15.4. The van der Waals surface area contributed by atoms with Gasteiger partial charge in [0.15, 0.2) is 0 Å². The van der Waals surface area contributed by atoms with Gasteiger partial charge in [0.2, 0.25) is 0 Å². The molecule has 4 aromatic rings. The lowest BCUT2D eigenvalue weighted by Gasteiger charge is -2.37. The summed E-state index contributed by atoms with van der Waals surface area (Å²) in [6, 6.07) is 19.4. The normalized spacial score (nSPS) is 20.8. The molecule has 2 heterocycles. The monoisotopic (exact) mass is 508 g/mol. The van der Waals surface area contributed by atoms with Crippen LogP contribution < -0.4 is 10.9 Å². The van der Waals surface area contributed by atoms with E-state index in [-0.39, 0.29) is 28.7 Å². The standard InChI is InChI=1S/C31H29FN4O2/c1-31-18-21-19-34-36(25-13-11-24(32)12-14-25)28(21)17-23(31)10-9-22(31)16-27(20-6-3-2-4-7-20)35-30(38)26-8-5-15-33-29(26)37/h2-8,11-15,17,19,22,27H,9-10,16,18H2,1H3,(H,33,37)(H,35,38). The van der Waals surface area contributed by atoms with Gasteiger partial charge in [-0.25, -0.2) is 9.07 Å². The SMILES string of the molecule is CC12Cc3cnn(-c4ccc(F)cc4)c3C=C1CCC2CC(NC(=O)c1ccc[nH]c1=O)c1ccccc1. The fourth-order valence-electron chi connectivity index (χ4n) is 6.18. The molecule has 2 aromatic heterocycles. The second-order valence-electron chi connectivity index (χ2n) is 10.5. The highest BCUT2D eigenvalue weighted by molar-refractivity contribution is 5.94. The first-order chi connectivity index (χ1) is 18.4. The Morgan fingerprint density at radius 1 is 1.16 bits per heavy atom. The summed E-state index contributed by atoms with van der Waals surface area (Å²) in [5, 5.41) is 7.78. The zero-order valence-electron chi connectivity index (χ0n) is 21.2. The second kappa shape index (κ2) is 9.56. The number of allylic oxidation sites excluding steroid dienone is 1. The zero-order valence-corrected chi connectivity index (χ0v) is 21.2. The average molecular weight is 509 g/mol. The van der Waals surface area contributed by atoms with Crippen LogP contribution in [0.3, 0.4) is 0 Å². The van der Waals surface area contributed by atoms with Crippen LogP contribution in [0.4, 0.5) is 4.39 Å². The molecule has 7 heteroatoms.